The third kappa shape index (κ3) is 7.72. The number of hydrogen-bond acceptors (Lipinski definition) is 3. The number of carbonyl (C=O) groups is 1. The van der Waals surface area contributed by atoms with E-state index in [4.69, 9.17) is 5.11 Å². The summed E-state index contributed by atoms with van der Waals surface area (Å²) in [6.07, 6.45) is -3.15. The van der Waals surface area contributed by atoms with E-state index >= 15 is 0 Å². The Morgan fingerprint density at radius 2 is 1.95 bits per heavy atom. The van der Waals surface area contributed by atoms with Crippen LogP contribution in [0.1, 0.15) is 19.8 Å². The van der Waals surface area contributed by atoms with Crippen LogP contribution in [-0.4, -0.2) is 36.6 Å². The van der Waals surface area contributed by atoms with Gasteiger partial charge in [-0.05, 0) is 44.0 Å². The average molecular weight is 320 g/mol. The van der Waals surface area contributed by atoms with Crippen molar-refractivity contribution in [3.8, 4) is 5.75 Å². The lowest BCUT2D eigenvalue weighted by Gasteiger charge is -2.14. The molecule has 0 heterocycles. The molecule has 0 aliphatic rings. The Labute approximate surface area is 126 Å². The molecule has 8 heteroatoms. The summed E-state index contributed by atoms with van der Waals surface area (Å²) in [7, 11) is 0. The predicted octanol–water partition coefficient (Wildman–Crippen LogP) is 2.91. The van der Waals surface area contributed by atoms with Crippen LogP contribution in [0.15, 0.2) is 24.3 Å². The third-order valence-electron chi connectivity index (χ3n) is 2.69. The fourth-order valence-electron chi connectivity index (χ4n) is 1.66. The number of anilines is 1. The van der Waals surface area contributed by atoms with Gasteiger partial charge in [-0.2, -0.15) is 13.2 Å². The highest BCUT2D eigenvalue weighted by atomic mass is 19.4. The van der Waals surface area contributed by atoms with E-state index in [0.717, 1.165) is 0 Å². The molecular formula is C14H19F3N2O3. The molecular weight excluding hydrogens is 301 g/mol. The van der Waals surface area contributed by atoms with Gasteiger partial charge >= 0.3 is 12.2 Å². The van der Waals surface area contributed by atoms with Gasteiger partial charge in [0.05, 0.1) is 0 Å². The van der Waals surface area contributed by atoms with E-state index in [1.165, 1.54) is 24.3 Å². The fourth-order valence-corrected chi connectivity index (χ4v) is 1.66. The second kappa shape index (κ2) is 8.47. The Morgan fingerprint density at radius 1 is 1.32 bits per heavy atom. The van der Waals surface area contributed by atoms with Crippen molar-refractivity contribution in [3.63, 3.8) is 0 Å². The molecule has 0 radical (unpaired) electrons. The van der Waals surface area contributed by atoms with Crippen LogP contribution in [0.4, 0.5) is 23.7 Å². The van der Waals surface area contributed by atoms with Crippen molar-refractivity contribution >= 4 is 11.7 Å². The Hall–Kier alpha value is -1.96. The van der Waals surface area contributed by atoms with Gasteiger partial charge in [0.2, 0.25) is 0 Å². The minimum Gasteiger partial charge on any atom is -0.484 e. The first-order chi connectivity index (χ1) is 10.3. The average Bonchev–Trinajstić information content (AvgIpc) is 2.43. The van der Waals surface area contributed by atoms with Gasteiger partial charge in [-0.1, -0.05) is 0 Å². The summed E-state index contributed by atoms with van der Waals surface area (Å²) in [6.45, 7) is 0.513. The van der Waals surface area contributed by atoms with Gasteiger partial charge in [0.15, 0.2) is 6.61 Å². The van der Waals surface area contributed by atoms with Crippen molar-refractivity contribution in [1.82, 2.24) is 5.32 Å². The van der Waals surface area contributed by atoms with Gasteiger partial charge < -0.3 is 20.5 Å². The second-order valence-corrected chi connectivity index (χ2v) is 4.79. The van der Waals surface area contributed by atoms with Crippen LogP contribution in [0, 0.1) is 0 Å². The van der Waals surface area contributed by atoms with E-state index < -0.39 is 18.8 Å². The van der Waals surface area contributed by atoms with Crippen molar-refractivity contribution in [2.45, 2.75) is 32.0 Å². The molecule has 5 nitrogen and oxygen atoms in total. The minimum absolute atomic E-state index is 0.0625. The van der Waals surface area contributed by atoms with Gasteiger partial charge in [0.25, 0.3) is 0 Å². The van der Waals surface area contributed by atoms with Crippen molar-refractivity contribution in [1.29, 1.82) is 0 Å². The number of alkyl halides is 3. The molecule has 3 N–H and O–H groups in total. The summed E-state index contributed by atoms with van der Waals surface area (Å²) >= 11 is 0. The van der Waals surface area contributed by atoms with E-state index in [1.54, 1.807) is 0 Å². The molecule has 22 heavy (non-hydrogen) atoms. The molecule has 1 unspecified atom stereocenters. The summed E-state index contributed by atoms with van der Waals surface area (Å²) in [5.74, 6) is 0.0691. The van der Waals surface area contributed by atoms with Gasteiger partial charge in [-0.3, -0.25) is 0 Å². The van der Waals surface area contributed by atoms with Crippen molar-refractivity contribution in [2.75, 3.05) is 18.5 Å². The standard InChI is InChI=1S/C14H19F3N2O3/c1-10(3-2-8-20)18-13(21)19-11-4-6-12(7-5-11)22-9-14(15,16)17/h4-7,10,20H,2-3,8-9H2,1H3,(H2,18,19,21). The van der Waals surface area contributed by atoms with Gasteiger partial charge in [-0.15, -0.1) is 0 Å². The zero-order valence-corrected chi connectivity index (χ0v) is 12.1. The highest BCUT2D eigenvalue weighted by molar-refractivity contribution is 5.89. The monoisotopic (exact) mass is 320 g/mol. The number of aliphatic hydroxyl groups is 1. The lowest BCUT2D eigenvalue weighted by molar-refractivity contribution is -0.153. The summed E-state index contributed by atoms with van der Waals surface area (Å²) in [5, 5.41) is 13.9. The number of halogens is 3. The van der Waals surface area contributed by atoms with Crippen molar-refractivity contribution < 1.29 is 27.8 Å². The maximum atomic E-state index is 12.0. The first-order valence-electron chi connectivity index (χ1n) is 6.78. The zero-order chi connectivity index (χ0) is 16.6. The molecule has 1 aromatic carbocycles. The Morgan fingerprint density at radius 3 is 2.50 bits per heavy atom. The summed E-state index contributed by atoms with van der Waals surface area (Å²) in [6, 6.07) is 5.07. The number of benzene rings is 1. The molecule has 0 saturated heterocycles. The molecule has 0 aromatic heterocycles. The predicted molar refractivity (Wildman–Crippen MR) is 75.9 cm³/mol. The summed E-state index contributed by atoms with van der Waals surface area (Å²) in [4.78, 5) is 11.7. The Kier molecular flexibility index (Phi) is 6.97. The van der Waals surface area contributed by atoms with Gasteiger partial charge in [0, 0.05) is 18.3 Å². The molecule has 0 aliphatic carbocycles. The van der Waals surface area contributed by atoms with Crippen LogP contribution < -0.4 is 15.4 Å². The SMILES string of the molecule is CC(CCCO)NC(=O)Nc1ccc(OCC(F)(F)F)cc1. The molecule has 0 bridgehead atoms. The van der Waals surface area contributed by atoms with E-state index in [0.29, 0.717) is 18.5 Å². The minimum atomic E-state index is -4.39. The normalized spacial score (nSPS) is 12.6. The number of nitrogens with one attached hydrogen (secondary N) is 2. The molecule has 124 valence electrons. The third-order valence-corrected chi connectivity index (χ3v) is 2.69. The van der Waals surface area contributed by atoms with Crippen LogP contribution in [0.3, 0.4) is 0 Å². The summed E-state index contributed by atoms with van der Waals surface area (Å²) in [5.41, 5.74) is 0.436. The van der Waals surface area contributed by atoms with Crippen molar-refractivity contribution in [2.24, 2.45) is 0 Å². The van der Waals surface area contributed by atoms with E-state index in [-0.39, 0.29) is 18.4 Å². The van der Waals surface area contributed by atoms with E-state index in [9.17, 15) is 18.0 Å². The molecule has 0 saturated carbocycles. The van der Waals surface area contributed by atoms with Crippen LogP contribution in [0.2, 0.25) is 0 Å². The Balaban J connectivity index is 2.41. The molecule has 1 aromatic rings. The van der Waals surface area contributed by atoms with Gasteiger partial charge in [-0.25, -0.2) is 4.79 Å². The number of urea groups is 1. The quantitative estimate of drug-likeness (QED) is 0.723. The topological polar surface area (TPSA) is 70.6 Å². The summed E-state index contributed by atoms with van der Waals surface area (Å²) < 4.78 is 40.6. The lowest BCUT2D eigenvalue weighted by atomic mass is 10.2. The first kappa shape index (κ1) is 18.1. The number of hydrogen-bond donors (Lipinski definition) is 3. The maximum Gasteiger partial charge on any atom is 0.422 e. The highest BCUT2D eigenvalue weighted by Crippen LogP contribution is 2.20. The smallest absolute Gasteiger partial charge is 0.422 e. The van der Waals surface area contributed by atoms with Crippen LogP contribution in [0.25, 0.3) is 0 Å². The fraction of sp³-hybridized carbons (Fsp3) is 0.500. The number of amides is 2. The number of ether oxygens (including phenoxy) is 1. The molecule has 0 spiro atoms. The molecule has 0 fully saturated rings. The highest BCUT2D eigenvalue weighted by Gasteiger charge is 2.28. The molecule has 1 rings (SSSR count). The zero-order valence-electron chi connectivity index (χ0n) is 12.1. The maximum absolute atomic E-state index is 12.0. The Bertz CT molecular complexity index is 463. The second-order valence-electron chi connectivity index (χ2n) is 4.79. The largest absolute Gasteiger partial charge is 0.484 e. The van der Waals surface area contributed by atoms with Gasteiger partial charge in [0.1, 0.15) is 5.75 Å². The number of aliphatic hydroxyl groups excluding tert-OH is 1. The first-order valence-corrected chi connectivity index (χ1v) is 6.78. The van der Waals surface area contributed by atoms with E-state index in [2.05, 4.69) is 15.4 Å². The lowest BCUT2D eigenvalue weighted by Crippen LogP contribution is -2.36. The van der Waals surface area contributed by atoms with Crippen LogP contribution >= 0.6 is 0 Å². The number of carbonyl (C=O) groups excluding carboxylic acids is 1. The van der Waals surface area contributed by atoms with Crippen LogP contribution in [0.5, 0.6) is 5.75 Å². The van der Waals surface area contributed by atoms with Crippen LogP contribution in [-0.2, 0) is 0 Å². The van der Waals surface area contributed by atoms with E-state index in [1.807, 2.05) is 6.92 Å². The number of rotatable bonds is 7. The van der Waals surface area contributed by atoms with Crippen molar-refractivity contribution in [3.05, 3.63) is 24.3 Å². The molecule has 1 atom stereocenters. The molecule has 2 amide bonds. The molecule has 0 aliphatic heterocycles.